The van der Waals surface area contributed by atoms with E-state index in [1.165, 1.54) is 32.1 Å². The zero-order valence-corrected chi connectivity index (χ0v) is 7.55. The summed E-state index contributed by atoms with van der Waals surface area (Å²) in [6.07, 6.45) is 8.72. The van der Waals surface area contributed by atoms with Gasteiger partial charge in [-0.05, 0) is 25.2 Å². The Labute approximate surface area is 69.8 Å². The summed E-state index contributed by atoms with van der Waals surface area (Å²) in [6, 6.07) is 0. The summed E-state index contributed by atoms with van der Waals surface area (Å²) >= 11 is 0. The minimum atomic E-state index is 0.000278. The number of aliphatic hydroxyl groups is 1. The molecule has 66 valence electrons. The fourth-order valence-corrected chi connectivity index (χ4v) is 2.05. The third-order valence-corrected chi connectivity index (χ3v) is 2.78. The van der Waals surface area contributed by atoms with Crippen LogP contribution in [0, 0.1) is 5.92 Å². The molecule has 1 rings (SSSR count). The zero-order valence-electron chi connectivity index (χ0n) is 7.55. The molecule has 1 atom stereocenters. The van der Waals surface area contributed by atoms with E-state index in [2.05, 4.69) is 6.92 Å². The van der Waals surface area contributed by atoms with Gasteiger partial charge in [-0.3, -0.25) is 0 Å². The predicted molar refractivity (Wildman–Crippen MR) is 47.5 cm³/mol. The summed E-state index contributed by atoms with van der Waals surface area (Å²) in [7, 11) is 0. The van der Waals surface area contributed by atoms with Gasteiger partial charge in [0, 0.05) is 0 Å². The highest BCUT2D eigenvalue weighted by atomic mass is 16.3. The van der Waals surface area contributed by atoms with E-state index in [0.29, 0.717) is 5.92 Å². The lowest BCUT2D eigenvalue weighted by Gasteiger charge is -2.26. The van der Waals surface area contributed by atoms with Crippen molar-refractivity contribution in [1.82, 2.24) is 0 Å². The monoisotopic (exact) mass is 156 g/mol. The summed E-state index contributed by atoms with van der Waals surface area (Å²) in [5.74, 6) is 0.628. The number of hydrogen-bond donors (Lipinski definition) is 1. The van der Waals surface area contributed by atoms with Gasteiger partial charge in [0.05, 0.1) is 6.10 Å². The molecule has 0 aromatic carbocycles. The first-order valence-electron chi connectivity index (χ1n) is 5.02. The second-order valence-corrected chi connectivity index (χ2v) is 3.75. The highest BCUT2D eigenvalue weighted by molar-refractivity contribution is 4.72. The molecule has 0 unspecified atom stereocenters. The maximum atomic E-state index is 9.67. The largest absolute Gasteiger partial charge is 0.393 e. The zero-order chi connectivity index (χ0) is 8.10. The molecule has 0 aliphatic heterocycles. The van der Waals surface area contributed by atoms with E-state index in [1.807, 2.05) is 0 Å². The van der Waals surface area contributed by atoms with Gasteiger partial charge < -0.3 is 5.11 Å². The van der Waals surface area contributed by atoms with Crippen LogP contribution in [0.1, 0.15) is 51.9 Å². The standard InChI is InChI=1S/C10H20O/c1-2-6-10(11)9-7-4-3-5-8-9/h9-11H,2-8H2,1H3/t10-/m0/s1. The Morgan fingerprint density at radius 1 is 1.27 bits per heavy atom. The van der Waals surface area contributed by atoms with Crippen LogP contribution in [-0.4, -0.2) is 11.2 Å². The molecule has 0 spiro atoms. The van der Waals surface area contributed by atoms with E-state index in [9.17, 15) is 5.11 Å². The molecule has 0 heterocycles. The Morgan fingerprint density at radius 3 is 2.45 bits per heavy atom. The molecule has 1 heteroatoms. The normalized spacial score (nSPS) is 23.5. The van der Waals surface area contributed by atoms with E-state index >= 15 is 0 Å². The van der Waals surface area contributed by atoms with Crippen LogP contribution >= 0.6 is 0 Å². The Balaban J connectivity index is 2.21. The van der Waals surface area contributed by atoms with Crippen LogP contribution in [0.3, 0.4) is 0 Å². The quantitative estimate of drug-likeness (QED) is 0.666. The van der Waals surface area contributed by atoms with E-state index < -0.39 is 0 Å². The molecule has 1 nitrogen and oxygen atoms in total. The van der Waals surface area contributed by atoms with Crippen LogP contribution in [0.25, 0.3) is 0 Å². The summed E-state index contributed by atoms with van der Waals surface area (Å²) in [5.41, 5.74) is 0. The Kier molecular flexibility index (Phi) is 3.92. The molecule has 0 aromatic heterocycles. The molecular formula is C10H20O. The van der Waals surface area contributed by atoms with Crippen molar-refractivity contribution < 1.29 is 5.11 Å². The molecule has 0 radical (unpaired) electrons. The van der Waals surface area contributed by atoms with Gasteiger partial charge in [0.15, 0.2) is 0 Å². The average Bonchev–Trinajstić information content (AvgIpc) is 2.07. The fraction of sp³-hybridized carbons (Fsp3) is 1.00. The van der Waals surface area contributed by atoms with E-state index in [4.69, 9.17) is 0 Å². The minimum Gasteiger partial charge on any atom is -0.393 e. The lowest BCUT2D eigenvalue weighted by molar-refractivity contribution is 0.0766. The van der Waals surface area contributed by atoms with Gasteiger partial charge in [0.2, 0.25) is 0 Å². The van der Waals surface area contributed by atoms with Crippen molar-refractivity contribution in [2.24, 2.45) is 5.92 Å². The molecule has 1 aliphatic carbocycles. The summed E-state index contributed by atoms with van der Waals surface area (Å²) in [6.45, 7) is 2.14. The Hall–Kier alpha value is -0.0400. The highest BCUT2D eigenvalue weighted by Gasteiger charge is 2.20. The molecule has 1 aliphatic rings. The van der Waals surface area contributed by atoms with Crippen LogP contribution < -0.4 is 0 Å². The van der Waals surface area contributed by atoms with Gasteiger partial charge in [-0.2, -0.15) is 0 Å². The second kappa shape index (κ2) is 4.76. The summed E-state index contributed by atoms with van der Waals surface area (Å²) in [5, 5.41) is 9.67. The van der Waals surface area contributed by atoms with Gasteiger partial charge in [-0.1, -0.05) is 32.6 Å². The smallest absolute Gasteiger partial charge is 0.0568 e. The summed E-state index contributed by atoms with van der Waals surface area (Å²) < 4.78 is 0. The molecule has 0 saturated heterocycles. The Bertz CT molecular complexity index is 95.0. The molecule has 1 N–H and O–H groups in total. The third-order valence-electron chi connectivity index (χ3n) is 2.78. The molecular weight excluding hydrogens is 136 g/mol. The summed E-state index contributed by atoms with van der Waals surface area (Å²) in [4.78, 5) is 0. The molecule has 0 bridgehead atoms. The molecule has 0 aromatic rings. The number of rotatable bonds is 3. The van der Waals surface area contributed by atoms with Crippen LogP contribution in [0.5, 0.6) is 0 Å². The molecule has 1 fully saturated rings. The van der Waals surface area contributed by atoms with E-state index in [0.717, 1.165) is 12.8 Å². The number of aliphatic hydroxyl groups excluding tert-OH is 1. The lowest BCUT2D eigenvalue weighted by atomic mass is 9.84. The third kappa shape index (κ3) is 2.82. The molecule has 11 heavy (non-hydrogen) atoms. The van der Waals surface area contributed by atoms with Crippen molar-refractivity contribution in [2.75, 3.05) is 0 Å². The first-order valence-corrected chi connectivity index (χ1v) is 5.02. The van der Waals surface area contributed by atoms with Crippen LogP contribution in [0.15, 0.2) is 0 Å². The SMILES string of the molecule is CCC[C@H](O)C1CCCCC1. The van der Waals surface area contributed by atoms with E-state index in [1.54, 1.807) is 0 Å². The van der Waals surface area contributed by atoms with Gasteiger partial charge in [0.25, 0.3) is 0 Å². The highest BCUT2D eigenvalue weighted by Crippen LogP contribution is 2.27. The topological polar surface area (TPSA) is 20.2 Å². The van der Waals surface area contributed by atoms with Crippen LogP contribution in [-0.2, 0) is 0 Å². The second-order valence-electron chi connectivity index (χ2n) is 3.75. The maximum Gasteiger partial charge on any atom is 0.0568 e. The fourth-order valence-electron chi connectivity index (χ4n) is 2.05. The maximum absolute atomic E-state index is 9.67. The average molecular weight is 156 g/mol. The van der Waals surface area contributed by atoms with Crippen LogP contribution in [0.4, 0.5) is 0 Å². The molecule has 0 amide bonds. The van der Waals surface area contributed by atoms with Crippen LogP contribution in [0.2, 0.25) is 0 Å². The van der Waals surface area contributed by atoms with Gasteiger partial charge >= 0.3 is 0 Å². The van der Waals surface area contributed by atoms with E-state index in [-0.39, 0.29) is 6.10 Å². The first kappa shape index (κ1) is 9.05. The lowest BCUT2D eigenvalue weighted by Crippen LogP contribution is -2.22. The Morgan fingerprint density at radius 2 is 1.91 bits per heavy atom. The van der Waals surface area contributed by atoms with Crippen molar-refractivity contribution in [3.8, 4) is 0 Å². The predicted octanol–water partition coefficient (Wildman–Crippen LogP) is 2.73. The first-order chi connectivity index (χ1) is 5.34. The van der Waals surface area contributed by atoms with Crippen molar-refractivity contribution in [1.29, 1.82) is 0 Å². The van der Waals surface area contributed by atoms with Gasteiger partial charge in [0.1, 0.15) is 0 Å². The molecule has 1 saturated carbocycles. The minimum absolute atomic E-state index is 0.000278. The number of hydrogen-bond acceptors (Lipinski definition) is 1. The van der Waals surface area contributed by atoms with Crippen molar-refractivity contribution >= 4 is 0 Å². The van der Waals surface area contributed by atoms with Gasteiger partial charge in [-0.15, -0.1) is 0 Å². The van der Waals surface area contributed by atoms with Crippen molar-refractivity contribution in [3.05, 3.63) is 0 Å². The van der Waals surface area contributed by atoms with Gasteiger partial charge in [-0.25, -0.2) is 0 Å². The van der Waals surface area contributed by atoms with Crippen molar-refractivity contribution in [3.63, 3.8) is 0 Å². The van der Waals surface area contributed by atoms with Crippen molar-refractivity contribution in [2.45, 2.75) is 58.0 Å².